The van der Waals surface area contributed by atoms with Gasteiger partial charge in [0, 0.05) is 13.1 Å². The minimum Gasteiger partial charge on any atom is -0.478 e. The average Bonchev–Trinajstić information content (AvgIpc) is 2.39. The predicted octanol–water partition coefficient (Wildman–Crippen LogP) is 2.41. The van der Waals surface area contributed by atoms with Crippen LogP contribution in [0.2, 0.25) is 0 Å². The fourth-order valence-electron chi connectivity index (χ4n) is 2.56. The third-order valence-electron chi connectivity index (χ3n) is 3.25. The number of rotatable bonds is 4. The molecule has 0 saturated carbocycles. The van der Waals surface area contributed by atoms with Gasteiger partial charge in [0.25, 0.3) is 0 Å². The summed E-state index contributed by atoms with van der Waals surface area (Å²) >= 11 is 5.97. The highest BCUT2D eigenvalue weighted by Gasteiger charge is 2.34. The van der Waals surface area contributed by atoms with Crippen LogP contribution in [-0.2, 0) is 4.74 Å². The maximum Gasteiger partial charge on any atom is 0.221 e. The third-order valence-corrected chi connectivity index (χ3v) is 3.59. The van der Waals surface area contributed by atoms with Crippen molar-refractivity contribution in [1.29, 1.82) is 0 Å². The Balaban J connectivity index is 2.28. The molecular formula is C14H22ClN3O2. The normalized spacial score (nSPS) is 21.9. The molecule has 1 aromatic heterocycles. The molecule has 2 heterocycles. The number of hydrogen-bond donors (Lipinski definition) is 0. The summed E-state index contributed by atoms with van der Waals surface area (Å²) in [4.78, 5) is 10.8. The molecule has 0 radical (unpaired) electrons. The van der Waals surface area contributed by atoms with Gasteiger partial charge in [-0.3, -0.25) is 0 Å². The van der Waals surface area contributed by atoms with Crippen molar-refractivity contribution < 1.29 is 9.47 Å². The molecule has 1 unspecified atom stereocenters. The van der Waals surface area contributed by atoms with Gasteiger partial charge in [0.1, 0.15) is 12.1 Å². The van der Waals surface area contributed by atoms with Crippen LogP contribution in [0.5, 0.6) is 5.88 Å². The summed E-state index contributed by atoms with van der Waals surface area (Å²) in [7, 11) is 0. The molecule has 0 aromatic carbocycles. The molecule has 0 spiro atoms. The fraction of sp³-hybridized carbons (Fsp3) is 0.714. The molecule has 6 heteroatoms. The van der Waals surface area contributed by atoms with E-state index in [0.29, 0.717) is 18.4 Å². The first-order valence-corrected chi connectivity index (χ1v) is 7.43. The number of anilines is 1. The average molecular weight is 300 g/mol. The number of hydrogen-bond acceptors (Lipinski definition) is 5. The smallest absolute Gasteiger partial charge is 0.221 e. The van der Waals surface area contributed by atoms with Crippen LogP contribution >= 0.6 is 11.6 Å². The highest BCUT2D eigenvalue weighted by atomic mass is 35.5. The van der Waals surface area contributed by atoms with E-state index in [1.165, 1.54) is 0 Å². The van der Waals surface area contributed by atoms with Gasteiger partial charge in [-0.15, -0.1) is 11.6 Å². The van der Waals surface area contributed by atoms with Crippen molar-refractivity contribution in [2.24, 2.45) is 0 Å². The van der Waals surface area contributed by atoms with Gasteiger partial charge in [-0.2, -0.15) is 0 Å². The Kier molecular flexibility index (Phi) is 4.70. The van der Waals surface area contributed by atoms with Crippen molar-refractivity contribution in [3.8, 4) is 5.88 Å². The van der Waals surface area contributed by atoms with E-state index in [1.807, 2.05) is 13.8 Å². The second-order valence-corrected chi connectivity index (χ2v) is 5.90. The molecule has 112 valence electrons. The topological polar surface area (TPSA) is 47.5 Å². The van der Waals surface area contributed by atoms with Gasteiger partial charge < -0.3 is 14.4 Å². The molecule has 0 amide bonds. The summed E-state index contributed by atoms with van der Waals surface area (Å²) in [6, 6.07) is 0. The van der Waals surface area contributed by atoms with Crippen molar-refractivity contribution in [2.75, 3.05) is 30.5 Å². The van der Waals surface area contributed by atoms with Crippen LogP contribution < -0.4 is 9.64 Å². The number of aromatic nitrogens is 2. The molecule has 1 saturated heterocycles. The number of nitrogens with zero attached hydrogens (tertiary/aromatic N) is 3. The van der Waals surface area contributed by atoms with Gasteiger partial charge >= 0.3 is 0 Å². The van der Waals surface area contributed by atoms with E-state index in [4.69, 9.17) is 21.1 Å². The largest absolute Gasteiger partial charge is 0.478 e. The Morgan fingerprint density at radius 3 is 2.90 bits per heavy atom. The lowest BCUT2D eigenvalue weighted by molar-refractivity contribution is -0.0736. The number of alkyl halides is 1. The molecule has 1 atom stereocenters. The van der Waals surface area contributed by atoms with Gasteiger partial charge in [0.2, 0.25) is 5.88 Å². The van der Waals surface area contributed by atoms with E-state index in [-0.39, 0.29) is 11.7 Å². The van der Waals surface area contributed by atoms with E-state index in [9.17, 15) is 0 Å². The monoisotopic (exact) mass is 299 g/mol. The SMILES string of the molecule is CCOc1ncnc(N2CC(CCl)OC(C)(C)C2)c1C. The van der Waals surface area contributed by atoms with Crippen molar-refractivity contribution >= 4 is 17.4 Å². The second kappa shape index (κ2) is 6.14. The van der Waals surface area contributed by atoms with Gasteiger partial charge in [0.15, 0.2) is 0 Å². The molecule has 1 fully saturated rings. The van der Waals surface area contributed by atoms with Gasteiger partial charge in [0.05, 0.1) is 29.8 Å². The summed E-state index contributed by atoms with van der Waals surface area (Å²) in [5.41, 5.74) is 0.710. The van der Waals surface area contributed by atoms with Crippen molar-refractivity contribution in [2.45, 2.75) is 39.4 Å². The van der Waals surface area contributed by atoms with Gasteiger partial charge in [-0.25, -0.2) is 9.97 Å². The molecule has 0 N–H and O–H groups in total. The minimum absolute atomic E-state index is 0.00493. The highest BCUT2D eigenvalue weighted by molar-refractivity contribution is 6.18. The molecule has 1 aliphatic heterocycles. The first kappa shape index (κ1) is 15.3. The molecule has 2 rings (SSSR count). The fourth-order valence-corrected chi connectivity index (χ4v) is 2.72. The zero-order valence-corrected chi connectivity index (χ0v) is 13.3. The molecule has 1 aliphatic rings. The summed E-state index contributed by atoms with van der Waals surface area (Å²) in [5.74, 6) is 2.02. The summed E-state index contributed by atoms with van der Waals surface area (Å²) in [6.45, 7) is 10.2. The molecule has 5 nitrogen and oxygen atoms in total. The molecule has 1 aromatic rings. The second-order valence-electron chi connectivity index (χ2n) is 5.59. The predicted molar refractivity (Wildman–Crippen MR) is 79.8 cm³/mol. The lowest BCUT2D eigenvalue weighted by Gasteiger charge is -2.43. The maximum atomic E-state index is 5.97. The third kappa shape index (κ3) is 3.33. The quantitative estimate of drug-likeness (QED) is 0.799. The molecule has 0 bridgehead atoms. The van der Waals surface area contributed by atoms with Gasteiger partial charge in [-0.1, -0.05) is 0 Å². The van der Waals surface area contributed by atoms with E-state index in [2.05, 4.69) is 28.7 Å². The van der Waals surface area contributed by atoms with Crippen LogP contribution in [0.3, 0.4) is 0 Å². The summed E-state index contributed by atoms with van der Waals surface area (Å²) in [5, 5.41) is 0. The molecule has 20 heavy (non-hydrogen) atoms. The van der Waals surface area contributed by atoms with Crippen LogP contribution in [-0.4, -0.2) is 47.2 Å². The molecular weight excluding hydrogens is 278 g/mol. The van der Waals surface area contributed by atoms with E-state index >= 15 is 0 Å². The van der Waals surface area contributed by atoms with Crippen LogP contribution in [0.25, 0.3) is 0 Å². The first-order chi connectivity index (χ1) is 9.46. The first-order valence-electron chi connectivity index (χ1n) is 6.90. The number of morpholine rings is 1. The van der Waals surface area contributed by atoms with Crippen molar-refractivity contribution in [1.82, 2.24) is 9.97 Å². The highest BCUT2D eigenvalue weighted by Crippen LogP contribution is 2.29. The van der Waals surface area contributed by atoms with Crippen molar-refractivity contribution in [3.63, 3.8) is 0 Å². The van der Waals surface area contributed by atoms with Crippen LogP contribution in [0.4, 0.5) is 5.82 Å². The standard InChI is InChI=1S/C14H22ClN3O2/c1-5-19-13-10(2)12(16-9-17-13)18-7-11(6-15)20-14(3,4)8-18/h9,11H,5-8H2,1-4H3. The number of halogens is 1. The van der Waals surface area contributed by atoms with E-state index in [1.54, 1.807) is 6.33 Å². The Morgan fingerprint density at radius 1 is 1.50 bits per heavy atom. The minimum atomic E-state index is -0.249. The Hall–Kier alpha value is -1.07. The summed E-state index contributed by atoms with van der Waals surface area (Å²) < 4.78 is 11.5. The van der Waals surface area contributed by atoms with Crippen LogP contribution in [0.15, 0.2) is 6.33 Å². The van der Waals surface area contributed by atoms with Crippen LogP contribution in [0.1, 0.15) is 26.3 Å². The van der Waals surface area contributed by atoms with Gasteiger partial charge in [-0.05, 0) is 27.7 Å². The zero-order chi connectivity index (χ0) is 14.8. The maximum absolute atomic E-state index is 5.97. The lowest BCUT2D eigenvalue weighted by Crippen LogP contribution is -2.54. The van der Waals surface area contributed by atoms with E-state index in [0.717, 1.165) is 24.5 Å². The Labute approximate surface area is 125 Å². The number of ether oxygens (including phenoxy) is 2. The molecule has 0 aliphatic carbocycles. The lowest BCUT2D eigenvalue weighted by atomic mass is 10.1. The Bertz CT molecular complexity index is 468. The van der Waals surface area contributed by atoms with E-state index < -0.39 is 0 Å². The summed E-state index contributed by atoms with van der Waals surface area (Å²) in [6.07, 6.45) is 1.55. The van der Waals surface area contributed by atoms with Crippen LogP contribution in [0, 0.1) is 6.92 Å². The van der Waals surface area contributed by atoms with Crippen molar-refractivity contribution in [3.05, 3.63) is 11.9 Å². The Morgan fingerprint density at radius 2 is 2.25 bits per heavy atom. The zero-order valence-electron chi connectivity index (χ0n) is 12.5.